The number of rotatable bonds is 2. The highest BCUT2D eigenvalue weighted by molar-refractivity contribution is 6.00. The molecule has 4 heteroatoms. The summed E-state index contributed by atoms with van der Waals surface area (Å²) in [7, 11) is 0. The molecule has 19 heavy (non-hydrogen) atoms. The van der Waals surface area contributed by atoms with Gasteiger partial charge in [-0.25, -0.2) is 0 Å². The van der Waals surface area contributed by atoms with Gasteiger partial charge >= 0.3 is 0 Å². The molecule has 1 aliphatic carbocycles. The number of hydrogen-bond acceptors (Lipinski definition) is 3. The van der Waals surface area contributed by atoms with E-state index in [2.05, 4.69) is 17.6 Å². The van der Waals surface area contributed by atoms with Crippen LogP contribution in [0.1, 0.15) is 38.2 Å². The summed E-state index contributed by atoms with van der Waals surface area (Å²) in [6.45, 7) is 2.29. The minimum atomic E-state index is 0.0533. The highest BCUT2D eigenvalue weighted by Gasteiger charge is 2.23. The first-order valence-corrected chi connectivity index (χ1v) is 7.12. The predicted molar refractivity (Wildman–Crippen MR) is 78.2 cm³/mol. The van der Waals surface area contributed by atoms with Gasteiger partial charge in [-0.15, -0.1) is 0 Å². The third-order valence-electron chi connectivity index (χ3n) is 4.35. The molecule has 1 aromatic rings. The van der Waals surface area contributed by atoms with Crippen molar-refractivity contribution in [3.05, 3.63) is 17.7 Å². The van der Waals surface area contributed by atoms with Crippen LogP contribution in [-0.2, 0) is 11.2 Å². The van der Waals surface area contributed by atoms with Crippen molar-refractivity contribution in [2.75, 3.05) is 16.4 Å². The maximum absolute atomic E-state index is 11.4. The number of anilines is 3. The molecule has 1 heterocycles. The lowest BCUT2D eigenvalue weighted by atomic mass is 9.86. The van der Waals surface area contributed by atoms with Crippen LogP contribution >= 0.6 is 0 Å². The van der Waals surface area contributed by atoms with Gasteiger partial charge in [-0.05, 0) is 36.5 Å². The van der Waals surface area contributed by atoms with Crippen LogP contribution in [0.5, 0.6) is 0 Å². The summed E-state index contributed by atoms with van der Waals surface area (Å²) in [5.41, 5.74) is 9.71. The fraction of sp³-hybridized carbons (Fsp3) is 0.533. The SMILES string of the molecule is CC1CCCCC1Nc1cc2c(cc1N)CC(=O)N2. The lowest BCUT2D eigenvalue weighted by Gasteiger charge is -2.31. The molecule has 1 saturated carbocycles. The minimum Gasteiger partial charge on any atom is -0.397 e. The molecule has 0 radical (unpaired) electrons. The van der Waals surface area contributed by atoms with Gasteiger partial charge in [0.15, 0.2) is 0 Å². The van der Waals surface area contributed by atoms with E-state index in [1.54, 1.807) is 0 Å². The number of hydrogen-bond donors (Lipinski definition) is 3. The Morgan fingerprint density at radius 2 is 2.11 bits per heavy atom. The standard InChI is InChI=1S/C15H21N3O/c1-9-4-2-3-5-12(9)17-14-8-13-10(6-11(14)16)7-15(19)18-13/h6,8-9,12,17H,2-5,7,16H2,1H3,(H,18,19). The summed E-state index contributed by atoms with van der Waals surface area (Å²) in [5.74, 6) is 0.730. The van der Waals surface area contributed by atoms with E-state index in [9.17, 15) is 4.79 Å². The monoisotopic (exact) mass is 259 g/mol. The van der Waals surface area contributed by atoms with E-state index in [0.29, 0.717) is 18.4 Å². The molecule has 3 rings (SSSR count). The van der Waals surface area contributed by atoms with Gasteiger partial charge in [0.05, 0.1) is 17.8 Å². The second kappa shape index (κ2) is 4.76. The number of nitrogen functional groups attached to an aromatic ring is 1. The normalized spacial score (nSPS) is 25.8. The highest BCUT2D eigenvalue weighted by Crippen LogP contribution is 2.34. The number of carbonyl (C=O) groups is 1. The first-order chi connectivity index (χ1) is 9.13. The number of nitrogens with two attached hydrogens (primary N) is 1. The molecule has 0 saturated heterocycles. The Bertz CT molecular complexity index is 512. The second-order valence-corrected chi connectivity index (χ2v) is 5.83. The molecule has 0 aromatic heterocycles. The molecule has 0 spiro atoms. The van der Waals surface area contributed by atoms with Crippen LogP contribution in [0.4, 0.5) is 17.1 Å². The molecule has 1 fully saturated rings. The van der Waals surface area contributed by atoms with Gasteiger partial charge in [0.25, 0.3) is 0 Å². The number of carbonyl (C=O) groups excluding carboxylic acids is 1. The maximum Gasteiger partial charge on any atom is 0.228 e. The van der Waals surface area contributed by atoms with Crippen LogP contribution < -0.4 is 16.4 Å². The Morgan fingerprint density at radius 3 is 2.89 bits per heavy atom. The molecule has 2 unspecified atom stereocenters. The van der Waals surface area contributed by atoms with Crippen molar-refractivity contribution in [1.82, 2.24) is 0 Å². The van der Waals surface area contributed by atoms with Crippen molar-refractivity contribution in [3.63, 3.8) is 0 Å². The summed E-state index contributed by atoms with van der Waals surface area (Å²) in [6, 6.07) is 4.39. The maximum atomic E-state index is 11.4. The van der Waals surface area contributed by atoms with E-state index in [-0.39, 0.29) is 5.91 Å². The lowest BCUT2D eigenvalue weighted by molar-refractivity contribution is -0.115. The van der Waals surface area contributed by atoms with E-state index in [0.717, 1.165) is 22.6 Å². The minimum absolute atomic E-state index is 0.0533. The molecule has 0 bridgehead atoms. The van der Waals surface area contributed by atoms with Crippen molar-refractivity contribution < 1.29 is 4.79 Å². The van der Waals surface area contributed by atoms with Gasteiger partial charge in [-0.2, -0.15) is 0 Å². The van der Waals surface area contributed by atoms with E-state index in [4.69, 9.17) is 5.73 Å². The Labute approximate surface area is 113 Å². The van der Waals surface area contributed by atoms with Crippen LogP contribution in [0.15, 0.2) is 12.1 Å². The van der Waals surface area contributed by atoms with Crippen molar-refractivity contribution in [2.24, 2.45) is 5.92 Å². The third kappa shape index (κ3) is 2.39. The number of amides is 1. The molecule has 2 aliphatic rings. The molecule has 4 N–H and O–H groups in total. The molecular formula is C15H21N3O. The molecule has 102 valence electrons. The molecule has 2 atom stereocenters. The molecular weight excluding hydrogens is 238 g/mol. The van der Waals surface area contributed by atoms with Crippen LogP contribution in [-0.4, -0.2) is 11.9 Å². The second-order valence-electron chi connectivity index (χ2n) is 5.83. The van der Waals surface area contributed by atoms with Gasteiger partial charge in [0.1, 0.15) is 0 Å². The highest BCUT2D eigenvalue weighted by atomic mass is 16.1. The van der Waals surface area contributed by atoms with Gasteiger partial charge in [-0.1, -0.05) is 19.8 Å². The zero-order valence-electron chi connectivity index (χ0n) is 11.3. The molecule has 1 aliphatic heterocycles. The van der Waals surface area contributed by atoms with E-state index in [1.807, 2.05) is 12.1 Å². The van der Waals surface area contributed by atoms with Gasteiger partial charge in [-0.3, -0.25) is 4.79 Å². The van der Waals surface area contributed by atoms with E-state index in [1.165, 1.54) is 25.7 Å². The number of nitrogens with one attached hydrogen (secondary N) is 2. The third-order valence-corrected chi connectivity index (χ3v) is 4.35. The quantitative estimate of drug-likeness (QED) is 0.715. The van der Waals surface area contributed by atoms with E-state index < -0.39 is 0 Å². The topological polar surface area (TPSA) is 67.1 Å². The lowest BCUT2D eigenvalue weighted by Crippen LogP contribution is -2.30. The Hall–Kier alpha value is -1.71. The Balaban J connectivity index is 1.81. The Morgan fingerprint density at radius 1 is 1.32 bits per heavy atom. The van der Waals surface area contributed by atoms with Crippen LogP contribution in [0.3, 0.4) is 0 Å². The number of benzene rings is 1. The van der Waals surface area contributed by atoms with Crippen LogP contribution in [0.25, 0.3) is 0 Å². The van der Waals surface area contributed by atoms with Gasteiger partial charge in [0, 0.05) is 11.7 Å². The van der Waals surface area contributed by atoms with Gasteiger partial charge in [0.2, 0.25) is 5.91 Å². The summed E-state index contributed by atoms with van der Waals surface area (Å²) in [6.07, 6.45) is 5.53. The molecule has 1 amide bonds. The summed E-state index contributed by atoms with van der Waals surface area (Å²) >= 11 is 0. The summed E-state index contributed by atoms with van der Waals surface area (Å²) in [4.78, 5) is 11.4. The smallest absolute Gasteiger partial charge is 0.228 e. The molecule has 4 nitrogen and oxygen atoms in total. The zero-order valence-corrected chi connectivity index (χ0v) is 11.3. The Kier molecular flexibility index (Phi) is 3.09. The number of fused-ring (bicyclic) bond motifs is 1. The first kappa shape index (κ1) is 12.3. The summed E-state index contributed by atoms with van der Waals surface area (Å²) < 4.78 is 0. The average molecular weight is 259 g/mol. The zero-order chi connectivity index (χ0) is 13.4. The van der Waals surface area contributed by atoms with Crippen molar-refractivity contribution >= 4 is 23.0 Å². The molecule has 1 aromatic carbocycles. The fourth-order valence-electron chi connectivity index (χ4n) is 3.15. The largest absolute Gasteiger partial charge is 0.397 e. The fourth-order valence-corrected chi connectivity index (χ4v) is 3.15. The van der Waals surface area contributed by atoms with Crippen LogP contribution in [0.2, 0.25) is 0 Å². The first-order valence-electron chi connectivity index (χ1n) is 7.12. The van der Waals surface area contributed by atoms with Gasteiger partial charge < -0.3 is 16.4 Å². The average Bonchev–Trinajstić information content (AvgIpc) is 2.71. The van der Waals surface area contributed by atoms with Crippen molar-refractivity contribution in [3.8, 4) is 0 Å². The van der Waals surface area contributed by atoms with E-state index >= 15 is 0 Å². The predicted octanol–water partition coefficient (Wildman–Crippen LogP) is 2.75. The van der Waals surface area contributed by atoms with Crippen molar-refractivity contribution in [2.45, 2.75) is 45.1 Å². The van der Waals surface area contributed by atoms with Crippen molar-refractivity contribution in [1.29, 1.82) is 0 Å². The van der Waals surface area contributed by atoms with Crippen LogP contribution in [0, 0.1) is 5.92 Å². The summed E-state index contributed by atoms with van der Waals surface area (Å²) in [5, 5.41) is 6.45.